The number of ether oxygens (including phenoxy) is 1. The maximum atomic E-state index is 6.17. The number of nitrogen functional groups attached to an aromatic ring is 1. The highest BCUT2D eigenvalue weighted by atomic mass is 16.5. The highest BCUT2D eigenvalue weighted by molar-refractivity contribution is 5.72. The van der Waals surface area contributed by atoms with E-state index in [-0.39, 0.29) is 12.0 Å². The number of nitrogens with zero attached hydrogens (tertiary/aromatic N) is 2. The van der Waals surface area contributed by atoms with Gasteiger partial charge >= 0.3 is 0 Å². The van der Waals surface area contributed by atoms with Crippen LogP contribution in [0.4, 0.5) is 5.95 Å². The molecule has 0 amide bonds. The van der Waals surface area contributed by atoms with Gasteiger partial charge in [-0.15, -0.1) is 0 Å². The highest BCUT2D eigenvalue weighted by Crippen LogP contribution is 2.34. The molecule has 0 aliphatic carbocycles. The normalized spacial score (nSPS) is 12.4. The van der Waals surface area contributed by atoms with Gasteiger partial charge in [0.2, 0.25) is 11.8 Å². The first-order chi connectivity index (χ1) is 12.9. The first-order valence-electron chi connectivity index (χ1n) is 9.90. The summed E-state index contributed by atoms with van der Waals surface area (Å²) < 4.78 is 6.17. The Hall–Kier alpha value is -2.14. The fourth-order valence-electron chi connectivity index (χ4n) is 3.49. The summed E-state index contributed by atoms with van der Waals surface area (Å²) in [5, 5.41) is 3.33. The molecule has 5 nitrogen and oxygen atoms in total. The van der Waals surface area contributed by atoms with Gasteiger partial charge in [-0.25, -0.2) is 4.98 Å². The number of benzene rings is 1. The molecule has 0 bridgehead atoms. The van der Waals surface area contributed by atoms with E-state index >= 15 is 0 Å². The van der Waals surface area contributed by atoms with Crippen LogP contribution in [-0.2, 0) is 6.42 Å². The van der Waals surface area contributed by atoms with Crippen molar-refractivity contribution in [3.05, 3.63) is 34.9 Å². The molecule has 2 aromatic rings. The fourth-order valence-corrected chi connectivity index (χ4v) is 3.49. The number of hydrogen-bond donors (Lipinski definition) is 2. The molecular weight excluding hydrogens is 336 g/mol. The van der Waals surface area contributed by atoms with E-state index < -0.39 is 0 Å². The van der Waals surface area contributed by atoms with Crippen LogP contribution in [0, 0.1) is 19.8 Å². The molecule has 1 aromatic heterocycles. The van der Waals surface area contributed by atoms with E-state index in [1.165, 1.54) is 11.1 Å². The third-order valence-corrected chi connectivity index (χ3v) is 4.79. The monoisotopic (exact) mass is 370 g/mol. The molecule has 0 aliphatic rings. The molecule has 0 radical (unpaired) electrons. The summed E-state index contributed by atoms with van der Waals surface area (Å²) in [7, 11) is 1.97. The molecule has 1 aromatic carbocycles. The summed E-state index contributed by atoms with van der Waals surface area (Å²) in [6.07, 6.45) is 2.89. The minimum atomic E-state index is 0.257. The topological polar surface area (TPSA) is 73.1 Å². The zero-order chi connectivity index (χ0) is 20.0. The van der Waals surface area contributed by atoms with Crippen LogP contribution in [-0.4, -0.2) is 29.7 Å². The number of rotatable bonds is 9. The number of hydrogen-bond acceptors (Lipinski definition) is 5. The van der Waals surface area contributed by atoms with Crippen molar-refractivity contribution in [2.45, 2.75) is 59.9 Å². The van der Waals surface area contributed by atoms with Gasteiger partial charge in [0.15, 0.2) is 0 Å². The Kier molecular flexibility index (Phi) is 7.60. The SMILES string of the molecule is CCCc1c(OC[C@@H](CC(C)C)NC)nc(N)nc1-c1c(C)cccc1C. The standard InChI is InChI=1S/C22H34N4O/c1-7-9-18-20(19-15(4)10-8-11-16(19)5)25-22(23)26-21(18)27-13-17(24-6)12-14(2)3/h8,10-11,14,17,24H,7,9,12-13H2,1-6H3,(H2,23,25,26)/t17-/m1/s1. The molecule has 0 saturated heterocycles. The van der Waals surface area contributed by atoms with E-state index in [1.54, 1.807) is 0 Å². The maximum Gasteiger partial charge on any atom is 0.223 e. The Labute approximate surface area is 163 Å². The summed E-state index contributed by atoms with van der Waals surface area (Å²) in [6.45, 7) is 11.4. The van der Waals surface area contributed by atoms with E-state index in [1.807, 2.05) is 7.05 Å². The number of aryl methyl sites for hydroxylation is 2. The van der Waals surface area contributed by atoms with Crippen molar-refractivity contribution >= 4 is 5.95 Å². The van der Waals surface area contributed by atoms with Crippen molar-refractivity contribution in [1.29, 1.82) is 0 Å². The molecule has 2 rings (SSSR count). The van der Waals surface area contributed by atoms with Crippen molar-refractivity contribution in [3.63, 3.8) is 0 Å². The second-order valence-corrected chi connectivity index (χ2v) is 7.66. The molecule has 0 unspecified atom stereocenters. The van der Waals surface area contributed by atoms with Crippen molar-refractivity contribution in [2.24, 2.45) is 5.92 Å². The number of aromatic nitrogens is 2. The zero-order valence-electron chi connectivity index (χ0n) is 17.6. The van der Waals surface area contributed by atoms with Gasteiger partial charge in [-0.3, -0.25) is 0 Å². The van der Waals surface area contributed by atoms with E-state index in [2.05, 4.69) is 68.1 Å². The smallest absolute Gasteiger partial charge is 0.223 e. The number of nitrogens with two attached hydrogens (primary N) is 1. The van der Waals surface area contributed by atoms with Crippen molar-refractivity contribution < 1.29 is 4.74 Å². The molecule has 0 saturated carbocycles. The van der Waals surface area contributed by atoms with Crippen molar-refractivity contribution in [2.75, 3.05) is 19.4 Å². The molecular formula is C22H34N4O. The lowest BCUT2D eigenvalue weighted by Gasteiger charge is -2.21. The van der Waals surface area contributed by atoms with Crippen LogP contribution in [0.1, 0.15) is 50.3 Å². The summed E-state index contributed by atoms with van der Waals surface area (Å²) in [4.78, 5) is 9.05. The lowest BCUT2D eigenvalue weighted by Crippen LogP contribution is -2.33. The van der Waals surface area contributed by atoms with E-state index in [9.17, 15) is 0 Å². The van der Waals surface area contributed by atoms with Gasteiger partial charge in [0.05, 0.1) is 5.69 Å². The molecule has 27 heavy (non-hydrogen) atoms. The summed E-state index contributed by atoms with van der Waals surface area (Å²) in [5.41, 5.74) is 11.5. The summed E-state index contributed by atoms with van der Waals surface area (Å²) >= 11 is 0. The Bertz CT molecular complexity index is 738. The first-order valence-corrected chi connectivity index (χ1v) is 9.90. The van der Waals surface area contributed by atoms with Gasteiger partial charge in [-0.05, 0) is 50.8 Å². The molecule has 148 valence electrons. The minimum Gasteiger partial charge on any atom is -0.476 e. The molecule has 5 heteroatoms. The van der Waals surface area contributed by atoms with Gasteiger partial charge in [0.1, 0.15) is 6.61 Å². The largest absolute Gasteiger partial charge is 0.476 e. The van der Waals surface area contributed by atoms with Gasteiger partial charge in [-0.1, -0.05) is 45.4 Å². The molecule has 0 spiro atoms. The number of nitrogens with one attached hydrogen (secondary N) is 1. The second kappa shape index (κ2) is 9.70. The Morgan fingerprint density at radius 2 is 1.81 bits per heavy atom. The van der Waals surface area contributed by atoms with Gasteiger partial charge in [0.25, 0.3) is 0 Å². The van der Waals surface area contributed by atoms with Crippen LogP contribution in [0.3, 0.4) is 0 Å². The number of anilines is 1. The first kappa shape index (κ1) is 21.2. The maximum absolute atomic E-state index is 6.17. The van der Waals surface area contributed by atoms with Gasteiger partial charge in [0, 0.05) is 17.2 Å². The predicted octanol–water partition coefficient (Wildman–Crippen LogP) is 4.31. The number of likely N-dealkylation sites (N-methyl/N-ethyl adjacent to an activating group) is 1. The Morgan fingerprint density at radius 1 is 1.15 bits per heavy atom. The molecule has 1 heterocycles. The lowest BCUT2D eigenvalue weighted by molar-refractivity contribution is 0.241. The van der Waals surface area contributed by atoms with Crippen LogP contribution in [0.2, 0.25) is 0 Å². The molecule has 0 fully saturated rings. The second-order valence-electron chi connectivity index (χ2n) is 7.66. The molecule has 1 atom stereocenters. The summed E-state index contributed by atoms with van der Waals surface area (Å²) in [5.74, 6) is 1.47. The van der Waals surface area contributed by atoms with E-state index in [0.29, 0.717) is 18.4 Å². The van der Waals surface area contributed by atoms with Crippen molar-refractivity contribution in [1.82, 2.24) is 15.3 Å². The quantitative estimate of drug-likeness (QED) is 0.688. The Balaban J connectivity index is 2.45. The van der Waals surface area contributed by atoms with E-state index in [0.717, 1.165) is 36.1 Å². The molecule has 3 N–H and O–H groups in total. The van der Waals surface area contributed by atoms with Crippen LogP contribution < -0.4 is 15.8 Å². The Morgan fingerprint density at radius 3 is 2.37 bits per heavy atom. The van der Waals surface area contributed by atoms with Gasteiger partial charge in [-0.2, -0.15) is 4.98 Å². The predicted molar refractivity (Wildman–Crippen MR) is 113 cm³/mol. The lowest BCUT2D eigenvalue weighted by atomic mass is 9.95. The van der Waals surface area contributed by atoms with Gasteiger partial charge < -0.3 is 15.8 Å². The van der Waals surface area contributed by atoms with Crippen LogP contribution in [0.25, 0.3) is 11.3 Å². The van der Waals surface area contributed by atoms with E-state index in [4.69, 9.17) is 10.5 Å². The average molecular weight is 371 g/mol. The zero-order valence-corrected chi connectivity index (χ0v) is 17.6. The van der Waals surface area contributed by atoms with Crippen LogP contribution in [0.5, 0.6) is 5.88 Å². The third-order valence-electron chi connectivity index (χ3n) is 4.79. The van der Waals surface area contributed by atoms with Crippen molar-refractivity contribution in [3.8, 4) is 17.1 Å². The fraction of sp³-hybridized carbons (Fsp3) is 0.545. The highest BCUT2D eigenvalue weighted by Gasteiger charge is 2.20. The molecule has 0 aliphatic heterocycles. The third kappa shape index (κ3) is 5.42. The summed E-state index contributed by atoms with van der Waals surface area (Å²) in [6, 6.07) is 6.56. The average Bonchev–Trinajstić information content (AvgIpc) is 2.60. The van der Waals surface area contributed by atoms with Crippen LogP contribution in [0.15, 0.2) is 18.2 Å². The van der Waals surface area contributed by atoms with Crippen LogP contribution >= 0.6 is 0 Å². The minimum absolute atomic E-state index is 0.257.